The molecule has 1 aliphatic carbocycles. The fraction of sp³-hybridized carbons (Fsp3) is 0.733. The lowest BCUT2D eigenvalue weighted by Gasteiger charge is -2.31. The normalized spacial score (nSPS) is 25.8. The molecule has 0 bridgehead atoms. The van der Waals surface area contributed by atoms with Gasteiger partial charge in [-0.3, -0.25) is 9.79 Å². The number of aliphatic imine (C=N–C) groups is 1. The Kier molecular flexibility index (Phi) is 4.20. The number of allylic oxidation sites excluding steroid dienone is 1. The van der Waals surface area contributed by atoms with Crippen LogP contribution in [-0.2, 0) is 4.79 Å². The summed E-state index contributed by atoms with van der Waals surface area (Å²) in [6, 6.07) is 0. The van der Waals surface area contributed by atoms with Gasteiger partial charge >= 0.3 is 0 Å². The van der Waals surface area contributed by atoms with Crippen molar-refractivity contribution in [2.75, 3.05) is 20.1 Å². The SMILES string of the molecule is CN=C(C(=O)N1CCC[C@@H](C)C1)C1=C(C)CCC1. The van der Waals surface area contributed by atoms with Gasteiger partial charge in [0.25, 0.3) is 5.91 Å². The van der Waals surface area contributed by atoms with Crippen molar-refractivity contribution in [3.63, 3.8) is 0 Å². The lowest BCUT2D eigenvalue weighted by Crippen LogP contribution is -2.43. The van der Waals surface area contributed by atoms with Crippen LogP contribution in [0.3, 0.4) is 0 Å². The van der Waals surface area contributed by atoms with Gasteiger partial charge in [-0.1, -0.05) is 12.5 Å². The molecule has 0 spiro atoms. The summed E-state index contributed by atoms with van der Waals surface area (Å²) in [4.78, 5) is 18.9. The molecule has 2 rings (SSSR count). The molecule has 0 radical (unpaired) electrons. The second-order valence-electron chi connectivity index (χ2n) is 5.68. The van der Waals surface area contributed by atoms with Crippen molar-refractivity contribution in [3.8, 4) is 0 Å². The van der Waals surface area contributed by atoms with Gasteiger partial charge < -0.3 is 4.90 Å². The van der Waals surface area contributed by atoms with Gasteiger partial charge in [0.2, 0.25) is 0 Å². The molecular weight excluding hydrogens is 224 g/mol. The lowest BCUT2D eigenvalue weighted by atomic mass is 9.98. The van der Waals surface area contributed by atoms with E-state index < -0.39 is 0 Å². The molecule has 0 unspecified atom stereocenters. The van der Waals surface area contributed by atoms with Gasteiger partial charge in [-0.05, 0) is 50.5 Å². The van der Waals surface area contributed by atoms with Crippen LogP contribution in [-0.4, -0.2) is 36.7 Å². The average Bonchev–Trinajstić information content (AvgIpc) is 2.77. The summed E-state index contributed by atoms with van der Waals surface area (Å²) >= 11 is 0. The van der Waals surface area contributed by atoms with Gasteiger partial charge in [-0.25, -0.2) is 0 Å². The lowest BCUT2D eigenvalue weighted by molar-refractivity contribution is -0.125. The first kappa shape index (κ1) is 13.3. The van der Waals surface area contributed by atoms with Gasteiger partial charge in [-0.15, -0.1) is 0 Å². The summed E-state index contributed by atoms with van der Waals surface area (Å²) in [6.45, 7) is 6.15. The molecule has 1 fully saturated rings. The van der Waals surface area contributed by atoms with Crippen molar-refractivity contribution in [2.24, 2.45) is 10.9 Å². The molecule has 2 aliphatic rings. The van der Waals surface area contributed by atoms with Crippen LogP contribution >= 0.6 is 0 Å². The second-order valence-corrected chi connectivity index (χ2v) is 5.68. The molecule has 3 nitrogen and oxygen atoms in total. The third-order valence-corrected chi connectivity index (χ3v) is 4.15. The molecule has 1 amide bonds. The van der Waals surface area contributed by atoms with E-state index in [2.05, 4.69) is 18.8 Å². The molecule has 1 aliphatic heterocycles. The molecule has 0 aromatic heterocycles. The van der Waals surface area contributed by atoms with Crippen LogP contribution in [0.1, 0.15) is 46.0 Å². The van der Waals surface area contributed by atoms with Crippen LogP contribution in [0.15, 0.2) is 16.1 Å². The van der Waals surface area contributed by atoms with Crippen LogP contribution < -0.4 is 0 Å². The Balaban J connectivity index is 2.13. The smallest absolute Gasteiger partial charge is 0.272 e. The zero-order valence-corrected chi connectivity index (χ0v) is 11.8. The third kappa shape index (κ3) is 2.65. The number of carbonyl (C=O) groups is 1. The summed E-state index contributed by atoms with van der Waals surface area (Å²) in [5, 5.41) is 0. The first-order valence-electron chi connectivity index (χ1n) is 7.08. The van der Waals surface area contributed by atoms with E-state index in [4.69, 9.17) is 0 Å². The Morgan fingerprint density at radius 3 is 2.67 bits per heavy atom. The second kappa shape index (κ2) is 5.68. The maximum atomic E-state index is 12.6. The highest BCUT2D eigenvalue weighted by molar-refractivity contribution is 6.45. The zero-order valence-electron chi connectivity index (χ0n) is 11.8. The molecule has 0 aromatic rings. The van der Waals surface area contributed by atoms with Crippen molar-refractivity contribution in [2.45, 2.75) is 46.0 Å². The Morgan fingerprint density at radius 1 is 1.33 bits per heavy atom. The standard InChI is InChI=1S/C15H24N2O/c1-11-6-5-9-17(10-11)15(18)14(16-3)13-8-4-7-12(13)2/h11H,4-10H2,1-3H3/t11-/m1/s1. The van der Waals surface area contributed by atoms with Crippen molar-refractivity contribution >= 4 is 11.6 Å². The highest BCUT2D eigenvalue weighted by Gasteiger charge is 2.28. The Hall–Kier alpha value is -1.12. The summed E-state index contributed by atoms with van der Waals surface area (Å²) in [7, 11) is 1.75. The number of hydrogen-bond donors (Lipinski definition) is 0. The van der Waals surface area contributed by atoms with E-state index in [1.165, 1.54) is 24.0 Å². The molecule has 0 N–H and O–H groups in total. The van der Waals surface area contributed by atoms with Gasteiger partial charge in [0.05, 0.1) is 0 Å². The molecular formula is C15H24N2O. The van der Waals surface area contributed by atoms with Crippen molar-refractivity contribution < 1.29 is 4.79 Å². The predicted octanol–water partition coefficient (Wildman–Crippen LogP) is 2.82. The minimum atomic E-state index is 0.153. The highest BCUT2D eigenvalue weighted by atomic mass is 16.2. The van der Waals surface area contributed by atoms with Gasteiger partial charge in [-0.2, -0.15) is 0 Å². The molecule has 1 atom stereocenters. The summed E-state index contributed by atoms with van der Waals surface area (Å²) < 4.78 is 0. The monoisotopic (exact) mass is 248 g/mol. The fourth-order valence-electron chi connectivity index (χ4n) is 3.10. The van der Waals surface area contributed by atoms with E-state index in [0.717, 1.165) is 38.1 Å². The number of likely N-dealkylation sites (tertiary alicyclic amines) is 1. The summed E-state index contributed by atoms with van der Waals surface area (Å²) in [5.41, 5.74) is 3.29. The number of carbonyl (C=O) groups excluding carboxylic acids is 1. The maximum Gasteiger partial charge on any atom is 0.272 e. The Bertz CT molecular complexity index is 395. The van der Waals surface area contributed by atoms with Gasteiger partial charge in [0.1, 0.15) is 5.71 Å². The van der Waals surface area contributed by atoms with Crippen LogP contribution in [0.4, 0.5) is 0 Å². The number of hydrogen-bond acceptors (Lipinski definition) is 2. The molecule has 0 saturated carbocycles. The zero-order chi connectivity index (χ0) is 13.1. The quantitative estimate of drug-likeness (QED) is 0.692. The molecule has 1 saturated heterocycles. The molecule has 0 aromatic carbocycles. The van der Waals surface area contributed by atoms with Gasteiger partial charge in [0.15, 0.2) is 0 Å². The average molecular weight is 248 g/mol. The van der Waals surface area contributed by atoms with E-state index in [1.807, 2.05) is 4.90 Å². The molecule has 100 valence electrons. The van der Waals surface area contributed by atoms with Crippen LogP contribution in [0.25, 0.3) is 0 Å². The molecule has 18 heavy (non-hydrogen) atoms. The Morgan fingerprint density at radius 2 is 2.11 bits per heavy atom. The minimum absolute atomic E-state index is 0.153. The molecule has 3 heteroatoms. The van der Waals surface area contributed by atoms with Crippen molar-refractivity contribution in [3.05, 3.63) is 11.1 Å². The van der Waals surface area contributed by atoms with E-state index in [9.17, 15) is 4.79 Å². The highest BCUT2D eigenvalue weighted by Crippen LogP contribution is 2.27. The predicted molar refractivity (Wildman–Crippen MR) is 74.9 cm³/mol. The first-order valence-corrected chi connectivity index (χ1v) is 7.08. The van der Waals surface area contributed by atoms with E-state index >= 15 is 0 Å². The third-order valence-electron chi connectivity index (χ3n) is 4.15. The largest absolute Gasteiger partial charge is 0.337 e. The fourth-order valence-corrected chi connectivity index (χ4v) is 3.10. The van der Waals surface area contributed by atoms with Gasteiger partial charge in [0, 0.05) is 20.1 Å². The van der Waals surface area contributed by atoms with E-state index in [-0.39, 0.29) is 5.91 Å². The van der Waals surface area contributed by atoms with E-state index in [1.54, 1.807) is 7.05 Å². The number of amides is 1. The number of piperidine rings is 1. The minimum Gasteiger partial charge on any atom is -0.337 e. The maximum absolute atomic E-state index is 12.6. The van der Waals surface area contributed by atoms with Crippen molar-refractivity contribution in [1.29, 1.82) is 0 Å². The Labute approximate surface area is 110 Å². The number of rotatable bonds is 2. The van der Waals surface area contributed by atoms with Crippen LogP contribution in [0.5, 0.6) is 0 Å². The summed E-state index contributed by atoms with van der Waals surface area (Å²) in [6.07, 6.45) is 5.68. The van der Waals surface area contributed by atoms with Crippen molar-refractivity contribution in [1.82, 2.24) is 4.90 Å². The first-order chi connectivity index (χ1) is 8.63. The molecule has 1 heterocycles. The van der Waals surface area contributed by atoms with Crippen LogP contribution in [0, 0.1) is 5.92 Å². The topological polar surface area (TPSA) is 32.7 Å². The van der Waals surface area contributed by atoms with Crippen LogP contribution in [0.2, 0.25) is 0 Å². The number of nitrogens with zero attached hydrogens (tertiary/aromatic N) is 2. The van der Waals surface area contributed by atoms with E-state index in [0.29, 0.717) is 5.92 Å². The summed E-state index contributed by atoms with van der Waals surface area (Å²) in [5.74, 6) is 0.778.